The molecular formula is C27H42N6O6S. The first kappa shape index (κ1) is 30.6. The zero-order chi connectivity index (χ0) is 28.7. The fourth-order valence-electron chi connectivity index (χ4n) is 5.19. The van der Waals surface area contributed by atoms with Crippen LogP contribution >= 0.6 is 0 Å². The standard InChI is InChI=1S/C27H42N6O6S/c1-40(38,39)31(17-9-19-33-25(35)21-11-3-5-13-23(21)30-27(33)37)16-7-6-14-28-15-8-18-32-24(34)20-10-2-4-12-22(20)29-26(32)36/h2-5,10-13,24-30,34-37H,6-9,14-19H2,1H3. The first-order valence-corrected chi connectivity index (χ1v) is 15.6. The molecule has 0 fully saturated rings. The molecule has 2 aromatic carbocycles. The van der Waals surface area contributed by atoms with Crippen LogP contribution in [0.4, 0.5) is 11.4 Å². The normalized spacial score (nSPS) is 23.4. The van der Waals surface area contributed by atoms with Crippen molar-refractivity contribution in [3.63, 3.8) is 0 Å². The summed E-state index contributed by atoms with van der Waals surface area (Å²) < 4.78 is 26.1. The van der Waals surface area contributed by atoms with Gasteiger partial charge < -0.3 is 36.4 Å². The lowest BCUT2D eigenvalue weighted by atomic mass is 10.1. The van der Waals surface area contributed by atoms with Crippen LogP contribution < -0.4 is 16.0 Å². The van der Waals surface area contributed by atoms with Crippen LogP contribution in [0, 0.1) is 0 Å². The van der Waals surface area contributed by atoms with E-state index >= 15 is 0 Å². The van der Waals surface area contributed by atoms with Crippen LogP contribution in [0.5, 0.6) is 0 Å². The van der Waals surface area contributed by atoms with Crippen molar-refractivity contribution in [1.29, 1.82) is 0 Å². The highest BCUT2D eigenvalue weighted by Gasteiger charge is 2.32. The second-order valence-corrected chi connectivity index (χ2v) is 12.2. The monoisotopic (exact) mass is 578 g/mol. The maximum Gasteiger partial charge on any atom is 0.211 e. The van der Waals surface area contributed by atoms with E-state index in [4.69, 9.17) is 0 Å². The summed E-state index contributed by atoms with van der Waals surface area (Å²) in [7, 11) is -3.39. The van der Waals surface area contributed by atoms with Crippen LogP contribution in [0.15, 0.2) is 48.5 Å². The Hall–Kier alpha value is -2.33. The highest BCUT2D eigenvalue weighted by Crippen LogP contribution is 2.33. The smallest absolute Gasteiger partial charge is 0.211 e. The van der Waals surface area contributed by atoms with Gasteiger partial charge in [-0.25, -0.2) is 22.5 Å². The maximum absolute atomic E-state index is 12.3. The van der Waals surface area contributed by atoms with Crippen molar-refractivity contribution in [2.45, 2.75) is 50.8 Å². The lowest BCUT2D eigenvalue weighted by Gasteiger charge is -2.38. The van der Waals surface area contributed by atoms with Crippen LogP contribution in [-0.2, 0) is 10.0 Å². The quantitative estimate of drug-likeness (QED) is 0.159. The van der Waals surface area contributed by atoms with Crippen molar-refractivity contribution in [3.05, 3.63) is 59.7 Å². The minimum absolute atomic E-state index is 0.293. The molecule has 4 rings (SSSR count). The van der Waals surface area contributed by atoms with Gasteiger partial charge in [-0.15, -0.1) is 0 Å². The number of anilines is 2. The molecule has 0 amide bonds. The molecule has 2 aliphatic rings. The number of nitrogens with one attached hydrogen (secondary N) is 3. The lowest BCUT2D eigenvalue weighted by Crippen LogP contribution is -2.48. The Balaban J connectivity index is 1.12. The SMILES string of the molecule is CS(=O)(=O)N(CCCCNCCCN1C(O)Nc2ccccc2C1O)CCCN1C(O)Nc2ccccc2C1O. The van der Waals surface area contributed by atoms with E-state index in [2.05, 4.69) is 16.0 Å². The second kappa shape index (κ2) is 14.0. The molecule has 4 atom stereocenters. The largest absolute Gasteiger partial charge is 0.374 e. The number of hydrogen-bond acceptors (Lipinski definition) is 11. The molecule has 2 aliphatic heterocycles. The molecule has 4 unspecified atom stereocenters. The summed E-state index contributed by atoms with van der Waals surface area (Å²) in [6.07, 6.45) is -0.00510. The van der Waals surface area contributed by atoms with Gasteiger partial charge in [0.15, 0.2) is 12.7 Å². The number of nitrogens with zero attached hydrogens (tertiary/aromatic N) is 3. The summed E-state index contributed by atoms with van der Waals surface area (Å²) in [5.74, 6) is 0. The van der Waals surface area contributed by atoms with Gasteiger partial charge in [-0.1, -0.05) is 36.4 Å². The molecule has 0 radical (unpaired) electrons. The van der Waals surface area contributed by atoms with E-state index in [1.54, 1.807) is 17.0 Å². The maximum atomic E-state index is 12.3. The minimum Gasteiger partial charge on any atom is -0.374 e. The molecule has 0 spiro atoms. The molecule has 40 heavy (non-hydrogen) atoms. The van der Waals surface area contributed by atoms with E-state index in [1.165, 1.54) is 15.5 Å². The van der Waals surface area contributed by atoms with Crippen LogP contribution in [0.3, 0.4) is 0 Å². The number of aliphatic hydroxyl groups excluding tert-OH is 4. The molecule has 0 bridgehead atoms. The average Bonchev–Trinajstić information content (AvgIpc) is 2.91. The highest BCUT2D eigenvalue weighted by molar-refractivity contribution is 7.88. The van der Waals surface area contributed by atoms with Crippen LogP contribution in [0.25, 0.3) is 0 Å². The summed E-state index contributed by atoms with van der Waals surface area (Å²) in [5, 5.41) is 51.3. The van der Waals surface area contributed by atoms with E-state index < -0.39 is 35.2 Å². The van der Waals surface area contributed by atoms with Crippen LogP contribution in [0.2, 0.25) is 0 Å². The van der Waals surface area contributed by atoms with Gasteiger partial charge >= 0.3 is 0 Å². The molecular weight excluding hydrogens is 536 g/mol. The molecule has 2 heterocycles. The van der Waals surface area contributed by atoms with Crippen molar-refractivity contribution in [1.82, 2.24) is 19.4 Å². The second-order valence-electron chi connectivity index (χ2n) is 10.3. The first-order chi connectivity index (χ1) is 19.2. The number of unbranched alkanes of at least 4 members (excludes halogenated alkanes) is 1. The Morgan fingerprint density at radius 3 is 1.77 bits per heavy atom. The van der Waals surface area contributed by atoms with Gasteiger partial charge in [-0.05, 0) is 50.9 Å². The Bertz CT molecular complexity index is 1200. The zero-order valence-electron chi connectivity index (χ0n) is 22.9. The summed E-state index contributed by atoms with van der Waals surface area (Å²) in [6, 6.07) is 14.6. The lowest BCUT2D eigenvalue weighted by molar-refractivity contribution is -0.0985. The number of benzene rings is 2. The van der Waals surface area contributed by atoms with Gasteiger partial charge in [0.25, 0.3) is 0 Å². The molecule has 0 aliphatic carbocycles. The summed E-state index contributed by atoms with van der Waals surface area (Å²) in [4.78, 5) is 3.11. The Morgan fingerprint density at radius 2 is 1.23 bits per heavy atom. The molecule has 12 nitrogen and oxygen atoms in total. The Labute approximate surface area is 236 Å². The van der Waals surface area contributed by atoms with E-state index in [9.17, 15) is 28.8 Å². The summed E-state index contributed by atoms with van der Waals surface area (Å²) in [6.45, 7) is 2.93. The van der Waals surface area contributed by atoms with Crippen LogP contribution in [-0.4, -0.2) is 101 Å². The molecule has 0 aromatic heterocycles. The molecule has 7 N–H and O–H groups in total. The van der Waals surface area contributed by atoms with Crippen LogP contribution in [0.1, 0.15) is 49.3 Å². The van der Waals surface area contributed by atoms with Gasteiger partial charge in [0, 0.05) is 48.7 Å². The average molecular weight is 579 g/mol. The van der Waals surface area contributed by atoms with Gasteiger partial charge in [0.05, 0.1) is 6.26 Å². The van der Waals surface area contributed by atoms with Gasteiger partial charge in [-0.3, -0.25) is 0 Å². The molecule has 2 aromatic rings. The highest BCUT2D eigenvalue weighted by atomic mass is 32.2. The minimum atomic E-state index is -3.39. The van der Waals surface area contributed by atoms with Gasteiger partial charge in [0.1, 0.15) is 12.5 Å². The number of rotatable bonds is 14. The molecule has 222 valence electrons. The van der Waals surface area contributed by atoms with Crippen molar-refractivity contribution in [2.24, 2.45) is 0 Å². The van der Waals surface area contributed by atoms with Crippen molar-refractivity contribution >= 4 is 21.4 Å². The number of hydrogen-bond donors (Lipinski definition) is 7. The predicted molar refractivity (Wildman–Crippen MR) is 153 cm³/mol. The van der Waals surface area contributed by atoms with Crippen molar-refractivity contribution in [2.75, 3.05) is 56.2 Å². The summed E-state index contributed by atoms with van der Waals surface area (Å²) in [5.41, 5.74) is 2.81. The molecule has 0 saturated heterocycles. The third kappa shape index (κ3) is 7.69. The van der Waals surface area contributed by atoms with Crippen molar-refractivity contribution in [3.8, 4) is 0 Å². The third-order valence-corrected chi connectivity index (χ3v) is 8.68. The van der Waals surface area contributed by atoms with E-state index in [-0.39, 0.29) is 0 Å². The Morgan fingerprint density at radius 1 is 0.750 bits per heavy atom. The zero-order valence-corrected chi connectivity index (χ0v) is 23.7. The fraction of sp³-hybridized carbons (Fsp3) is 0.556. The predicted octanol–water partition coefficient (Wildman–Crippen LogP) is 0.787. The van der Waals surface area contributed by atoms with E-state index in [1.807, 2.05) is 36.4 Å². The first-order valence-electron chi connectivity index (χ1n) is 13.8. The topological polar surface area (TPSA) is 161 Å². The van der Waals surface area contributed by atoms with E-state index in [0.29, 0.717) is 56.8 Å². The summed E-state index contributed by atoms with van der Waals surface area (Å²) >= 11 is 0. The number of sulfonamides is 1. The number of aliphatic hydroxyl groups is 4. The van der Waals surface area contributed by atoms with Gasteiger partial charge in [0.2, 0.25) is 10.0 Å². The van der Waals surface area contributed by atoms with E-state index in [0.717, 1.165) is 30.6 Å². The molecule has 0 saturated carbocycles. The third-order valence-electron chi connectivity index (χ3n) is 7.38. The number of para-hydroxylation sites is 2. The molecule has 13 heteroatoms. The van der Waals surface area contributed by atoms with Gasteiger partial charge in [-0.2, -0.15) is 0 Å². The fourth-order valence-corrected chi connectivity index (χ4v) is 6.11. The van der Waals surface area contributed by atoms with Crippen molar-refractivity contribution < 1.29 is 28.8 Å². The number of fused-ring (bicyclic) bond motifs is 2. The Kier molecular flexibility index (Phi) is 10.7.